The van der Waals surface area contributed by atoms with Crippen LogP contribution in [0.15, 0.2) is 30.3 Å². The van der Waals surface area contributed by atoms with Gasteiger partial charge in [0.15, 0.2) is 5.25 Å². The van der Waals surface area contributed by atoms with E-state index in [1.807, 2.05) is 0 Å². The van der Waals surface area contributed by atoms with Crippen molar-refractivity contribution >= 4 is 20.2 Å². The predicted octanol–water partition coefficient (Wildman–Crippen LogP) is 1.26. The fourth-order valence-corrected chi connectivity index (χ4v) is 3.06. The number of benzene rings is 1. The summed E-state index contributed by atoms with van der Waals surface area (Å²) in [5, 5.41) is -7.64. The summed E-state index contributed by atoms with van der Waals surface area (Å²) in [7, 11) is -10.8. The highest BCUT2D eigenvalue weighted by atomic mass is 32.2. The van der Waals surface area contributed by atoms with E-state index >= 15 is 0 Å². The molecule has 0 saturated heterocycles. The average molecular weight is 316 g/mol. The van der Waals surface area contributed by atoms with Gasteiger partial charge in [0, 0.05) is 0 Å². The largest absolute Gasteiger partial charge is 0.389 e. The second-order valence-electron chi connectivity index (χ2n) is 3.57. The summed E-state index contributed by atoms with van der Waals surface area (Å²) in [6.45, 7) is 0.423. The van der Waals surface area contributed by atoms with Gasteiger partial charge < -0.3 is 4.18 Å². The van der Waals surface area contributed by atoms with Crippen molar-refractivity contribution in [3.05, 3.63) is 30.3 Å². The van der Waals surface area contributed by atoms with E-state index in [4.69, 9.17) is 4.55 Å². The Balaban J connectivity index is 3.09. The molecule has 0 heterocycles. The minimum atomic E-state index is -5.87. The zero-order valence-corrected chi connectivity index (χ0v) is 11.2. The zero-order valence-electron chi connectivity index (χ0n) is 9.52. The van der Waals surface area contributed by atoms with E-state index in [2.05, 4.69) is 4.18 Å². The van der Waals surface area contributed by atoms with E-state index in [1.54, 1.807) is 0 Å². The SMILES string of the molecule is CC(C(F)(F)S(=O)(=O)O)S(=O)(=O)Oc1ccccc1. The van der Waals surface area contributed by atoms with Crippen LogP contribution in [0.25, 0.3) is 0 Å². The maximum atomic E-state index is 13.2. The van der Waals surface area contributed by atoms with Crippen LogP contribution in [0.1, 0.15) is 6.92 Å². The van der Waals surface area contributed by atoms with Gasteiger partial charge in [-0.2, -0.15) is 25.6 Å². The lowest BCUT2D eigenvalue weighted by Gasteiger charge is -2.20. The van der Waals surface area contributed by atoms with Crippen molar-refractivity contribution in [1.29, 1.82) is 0 Å². The molecule has 1 aromatic rings. The number of hydrogen-bond donors (Lipinski definition) is 1. The molecule has 1 N–H and O–H groups in total. The Morgan fingerprint density at radius 1 is 1.16 bits per heavy atom. The molecule has 108 valence electrons. The van der Waals surface area contributed by atoms with Crippen LogP contribution in [0.3, 0.4) is 0 Å². The first-order valence-electron chi connectivity index (χ1n) is 4.81. The lowest BCUT2D eigenvalue weighted by molar-refractivity contribution is 0.0778. The van der Waals surface area contributed by atoms with Gasteiger partial charge in [0.25, 0.3) is 0 Å². The standard InChI is InChI=1S/C9H10F2O6S2/c1-7(9(10,11)19(14,15)16)18(12,13)17-8-5-3-2-4-6-8/h2-7H,1H3,(H,14,15,16). The lowest BCUT2D eigenvalue weighted by atomic mass is 10.3. The normalized spacial score (nSPS) is 14.9. The molecule has 1 unspecified atom stereocenters. The molecule has 0 aliphatic rings. The highest BCUT2D eigenvalue weighted by molar-refractivity contribution is 7.91. The molecule has 0 amide bonds. The molecule has 0 saturated carbocycles. The minimum Gasteiger partial charge on any atom is -0.382 e. The van der Waals surface area contributed by atoms with E-state index in [1.165, 1.54) is 30.3 Å². The van der Waals surface area contributed by atoms with E-state index in [9.17, 15) is 25.6 Å². The van der Waals surface area contributed by atoms with Gasteiger partial charge in [0.1, 0.15) is 5.75 Å². The van der Waals surface area contributed by atoms with Gasteiger partial charge in [0.2, 0.25) is 0 Å². The second-order valence-corrected chi connectivity index (χ2v) is 6.92. The number of rotatable bonds is 5. The summed E-state index contributed by atoms with van der Waals surface area (Å²) in [5.74, 6) is -0.250. The minimum absolute atomic E-state index is 0.250. The Hall–Kier alpha value is -1.26. The van der Waals surface area contributed by atoms with Crippen LogP contribution in [0.5, 0.6) is 5.75 Å². The third kappa shape index (κ3) is 3.39. The number of para-hydroxylation sites is 1. The fraction of sp³-hybridized carbons (Fsp3) is 0.333. The second kappa shape index (κ2) is 5.02. The Morgan fingerprint density at radius 3 is 2.05 bits per heavy atom. The van der Waals surface area contributed by atoms with Crippen molar-refractivity contribution in [2.75, 3.05) is 0 Å². The fourth-order valence-electron chi connectivity index (χ4n) is 1.06. The molecular formula is C9H10F2O6S2. The number of alkyl halides is 2. The van der Waals surface area contributed by atoms with Crippen LogP contribution in [-0.2, 0) is 20.2 Å². The molecule has 0 aromatic heterocycles. The molecule has 10 heteroatoms. The van der Waals surface area contributed by atoms with Gasteiger partial charge in [-0.25, -0.2) is 0 Å². The van der Waals surface area contributed by atoms with Crippen LogP contribution >= 0.6 is 0 Å². The summed E-state index contributed by atoms with van der Waals surface area (Å²) < 4.78 is 83.1. The molecule has 1 aromatic carbocycles. The Bertz CT molecular complexity index is 639. The van der Waals surface area contributed by atoms with Crippen LogP contribution < -0.4 is 4.18 Å². The van der Waals surface area contributed by atoms with E-state index in [0.717, 1.165) is 0 Å². The monoisotopic (exact) mass is 316 g/mol. The molecule has 0 bridgehead atoms. The molecule has 6 nitrogen and oxygen atoms in total. The van der Waals surface area contributed by atoms with Gasteiger partial charge in [-0.3, -0.25) is 4.55 Å². The van der Waals surface area contributed by atoms with E-state index < -0.39 is 30.7 Å². The van der Waals surface area contributed by atoms with Gasteiger partial charge in [-0.15, -0.1) is 0 Å². The maximum Gasteiger partial charge on any atom is 0.389 e. The van der Waals surface area contributed by atoms with Crippen LogP contribution in [0.4, 0.5) is 8.78 Å². The van der Waals surface area contributed by atoms with Crippen LogP contribution in [0.2, 0.25) is 0 Å². The Labute approximate surface area is 108 Å². The summed E-state index contributed by atoms with van der Waals surface area (Å²) >= 11 is 0. The van der Waals surface area contributed by atoms with Crippen LogP contribution in [0, 0.1) is 0 Å². The first kappa shape index (κ1) is 15.8. The maximum absolute atomic E-state index is 13.2. The van der Waals surface area contributed by atoms with Gasteiger partial charge in [0.05, 0.1) is 0 Å². The van der Waals surface area contributed by atoms with Crippen LogP contribution in [-0.4, -0.2) is 31.9 Å². The molecular weight excluding hydrogens is 306 g/mol. The van der Waals surface area contributed by atoms with Gasteiger partial charge in [-0.05, 0) is 19.1 Å². The molecule has 0 radical (unpaired) electrons. The molecule has 0 aliphatic carbocycles. The smallest absolute Gasteiger partial charge is 0.382 e. The lowest BCUT2D eigenvalue weighted by Crippen LogP contribution is -2.45. The molecule has 1 rings (SSSR count). The van der Waals surface area contributed by atoms with Crippen molar-refractivity contribution < 1.29 is 34.4 Å². The van der Waals surface area contributed by atoms with Gasteiger partial charge in [-0.1, -0.05) is 18.2 Å². The quantitative estimate of drug-likeness (QED) is 0.649. The molecule has 0 spiro atoms. The summed E-state index contributed by atoms with van der Waals surface area (Å²) in [5.41, 5.74) is 0. The third-order valence-electron chi connectivity index (χ3n) is 2.21. The highest BCUT2D eigenvalue weighted by Gasteiger charge is 2.56. The Kier molecular flexibility index (Phi) is 4.17. The van der Waals surface area contributed by atoms with Crippen molar-refractivity contribution in [3.8, 4) is 5.75 Å². The molecule has 0 fully saturated rings. The summed E-state index contributed by atoms with van der Waals surface area (Å²) in [4.78, 5) is 0. The number of hydrogen-bond acceptors (Lipinski definition) is 5. The number of halogens is 2. The van der Waals surface area contributed by atoms with E-state index in [0.29, 0.717) is 6.92 Å². The average Bonchev–Trinajstić information content (AvgIpc) is 2.27. The third-order valence-corrected chi connectivity index (χ3v) is 4.98. The van der Waals surface area contributed by atoms with Crippen molar-refractivity contribution in [3.63, 3.8) is 0 Å². The van der Waals surface area contributed by atoms with Crippen molar-refractivity contribution in [1.82, 2.24) is 0 Å². The highest BCUT2D eigenvalue weighted by Crippen LogP contribution is 2.30. The summed E-state index contributed by atoms with van der Waals surface area (Å²) in [6.07, 6.45) is 0. The van der Waals surface area contributed by atoms with Crippen molar-refractivity contribution in [2.24, 2.45) is 0 Å². The van der Waals surface area contributed by atoms with Crippen molar-refractivity contribution in [2.45, 2.75) is 17.4 Å². The first-order chi connectivity index (χ1) is 8.48. The first-order valence-corrected chi connectivity index (χ1v) is 7.73. The molecule has 19 heavy (non-hydrogen) atoms. The van der Waals surface area contributed by atoms with E-state index in [-0.39, 0.29) is 5.75 Å². The zero-order chi connectivity index (χ0) is 14.9. The predicted molar refractivity (Wildman–Crippen MR) is 61.9 cm³/mol. The molecule has 1 atom stereocenters. The Morgan fingerprint density at radius 2 is 1.63 bits per heavy atom. The molecule has 0 aliphatic heterocycles. The van der Waals surface area contributed by atoms with Gasteiger partial charge >= 0.3 is 25.5 Å². The topological polar surface area (TPSA) is 97.7 Å². The summed E-state index contributed by atoms with van der Waals surface area (Å²) in [6, 6.07) is 6.72.